The van der Waals surface area contributed by atoms with Gasteiger partial charge in [-0.25, -0.2) is 4.68 Å². The Morgan fingerprint density at radius 1 is 1.40 bits per heavy atom. The van der Waals surface area contributed by atoms with Gasteiger partial charge in [0.15, 0.2) is 5.82 Å². The number of hydrogen-bond donors (Lipinski definition) is 1. The van der Waals surface area contributed by atoms with Gasteiger partial charge in [-0.2, -0.15) is 0 Å². The predicted molar refractivity (Wildman–Crippen MR) is 75.9 cm³/mol. The number of tetrazole rings is 1. The number of benzene rings is 1. The first-order valence-electron chi connectivity index (χ1n) is 6.94. The Kier molecular flexibility index (Phi) is 3.64. The van der Waals surface area contributed by atoms with E-state index in [2.05, 4.69) is 21.6 Å². The van der Waals surface area contributed by atoms with Crippen LogP contribution in [-0.4, -0.2) is 33.4 Å². The highest BCUT2D eigenvalue weighted by molar-refractivity contribution is 5.62. The Hall–Kier alpha value is -1.95. The minimum absolute atomic E-state index is 0.620. The summed E-state index contributed by atoms with van der Waals surface area (Å²) in [5.74, 6) is 1.40. The van der Waals surface area contributed by atoms with Crippen molar-refractivity contribution in [2.24, 2.45) is 5.92 Å². The molecule has 0 bridgehead atoms. The lowest BCUT2D eigenvalue weighted by atomic mass is 10.1. The Morgan fingerprint density at radius 3 is 3.05 bits per heavy atom. The first-order chi connectivity index (χ1) is 9.72. The molecule has 1 aromatic heterocycles. The van der Waals surface area contributed by atoms with E-state index >= 15 is 0 Å². The van der Waals surface area contributed by atoms with Crippen LogP contribution in [0.15, 0.2) is 18.2 Å². The van der Waals surface area contributed by atoms with Gasteiger partial charge in [0.1, 0.15) is 0 Å². The number of nitrogens with two attached hydrogens (primary N) is 1. The molecule has 20 heavy (non-hydrogen) atoms. The van der Waals surface area contributed by atoms with Crippen LogP contribution in [0.1, 0.15) is 18.4 Å². The molecule has 0 saturated carbocycles. The van der Waals surface area contributed by atoms with E-state index in [1.807, 2.05) is 23.7 Å². The first-order valence-corrected chi connectivity index (χ1v) is 6.94. The molecular formula is C14H19N5O. The molecule has 0 aliphatic carbocycles. The average molecular weight is 273 g/mol. The van der Waals surface area contributed by atoms with Crippen LogP contribution in [0.25, 0.3) is 11.4 Å². The second-order valence-electron chi connectivity index (χ2n) is 5.38. The van der Waals surface area contributed by atoms with Crippen molar-refractivity contribution in [3.8, 4) is 11.4 Å². The molecular weight excluding hydrogens is 254 g/mol. The van der Waals surface area contributed by atoms with Crippen molar-refractivity contribution in [3.05, 3.63) is 23.8 Å². The van der Waals surface area contributed by atoms with Crippen LogP contribution in [-0.2, 0) is 11.3 Å². The normalized spacial score (nSPS) is 18.6. The minimum atomic E-state index is 0.620. The number of aromatic nitrogens is 4. The topological polar surface area (TPSA) is 78.9 Å². The zero-order valence-electron chi connectivity index (χ0n) is 11.6. The van der Waals surface area contributed by atoms with Gasteiger partial charge in [-0.05, 0) is 59.9 Å². The van der Waals surface area contributed by atoms with Gasteiger partial charge in [0.2, 0.25) is 0 Å². The van der Waals surface area contributed by atoms with Crippen molar-refractivity contribution >= 4 is 5.69 Å². The standard InChI is InChI=1S/C14H19N5O/c1-10-6-12(8-13(15)7-10)14-16-17-18-19(14)4-2-11-3-5-20-9-11/h6-8,11H,2-5,9,15H2,1H3. The fraction of sp³-hybridized carbons (Fsp3) is 0.500. The summed E-state index contributed by atoms with van der Waals surface area (Å²) in [5.41, 5.74) is 8.71. The van der Waals surface area contributed by atoms with Crippen molar-refractivity contribution in [1.29, 1.82) is 0 Å². The van der Waals surface area contributed by atoms with Gasteiger partial charge >= 0.3 is 0 Å². The smallest absolute Gasteiger partial charge is 0.182 e. The number of rotatable bonds is 4. The monoisotopic (exact) mass is 273 g/mol. The van der Waals surface area contributed by atoms with Crippen LogP contribution in [0.5, 0.6) is 0 Å². The molecule has 106 valence electrons. The fourth-order valence-electron chi connectivity index (χ4n) is 2.62. The van der Waals surface area contributed by atoms with Crippen molar-refractivity contribution < 1.29 is 4.74 Å². The van der Waals surface area contributed by atoms with Gasteiger partial charge in [-0.15, -0.1) is 5.10 Å². The Labute approximate surface area is 117 Å². The zero-order chi connectivity index (χ0) is 13.9. The first kappa shape index (κ1) is 13.1. The maximum Gasteiger partial charge on any atom is 0.182 e. The van der Waals surface area contributed by atoms with E-state index in [4.69, 9.17) is 10.5 Å². The molecule has 0 spiro atoms. The van der Waals surface area contributed by atoms with Crippen LogP contribution in [0.2, 0.25) is 0 Å². The summed E-state index contributed by atoms with van der Waals surface area (Å²) in [5, 5.41) is 12.0. The van der Waals surface area contributed by atoms with Gasteiger partial charge in [-0.1, -0.05) is 0 Å². The highest BCUT2D eigenvalue weighted by Crippen LogP contribution is 2.22. The SMILES string of the molecule is Cc1cc(N)cc(-c2nnnn2CCC2CCOC2)c1. The Bertz CT molecular complexity index is 569. The van der Waals surface area contributed by atoms with Crippen LogP contribution in [0, 0.1) is 12.8 Å². The number of hydrogen-bond acceptors (Lipinski definition) is 5. The summed E-state index contributed by atoms with van der Waals surface area (Å²) in [6.45, 7) is 4.56. The van der Waals surface area contributed by atoms with Gasteiger partial charge in [0.05, 0.1) is 0 Å². The second kappa shape index (κ2) is 5.58. The maximum atomic E-state index is 5.89. The molecule has 2 N–H and O–H groups in total. The van der Waals surface area contributed by atoms with E-state index in [1.165, 1.54) is 0 Å². The molecule has 6 heteroatoms. The van der Waals surface area contributed by atoms with E-state index < -0.39 is 0 Å². The molecule has 1 atom stereocenters. The lowest BCUT2D eigenvalue weighted by molar-refractivity contribution is 0.183. The highest BCUT2D eigenvalue weighted by atomic mass is 16.5. The number of nitrogens with zero attached hydrogens (tertiary/aromatic N) is 4. The van der Waals surface area contributed by atoms with Crippen molar-refractivity contribution in [2.75, 3.05) is 18.9 Å². The number of anilines is 1. The van der Waals surface area contributed by atoms with Crippen molar-refractivity contribution in [2.45, 2.75) is 26.3 Å². The fourth-order valence-corrected chi connectivity index (χ4v) is 2.62. The van der Waals surface area contributed by atoms with Gasteiger partial charge in [0, 0.05) is 31.0 Å². The molecule has 2 aromatic rings. The quantitative estimate of drug-likeness (QED) is 0.857. The average Bonchev–Trinajstić information content (AvgIpc) is 3.06. The Balaban J connectivity index is 1.78. The third-order valence-electron chi connectivity index (χ3n) is 3.66. The van der Waals surface area contributed by atoms with Crippen molar-refractivity contribution in [1.82, 2.24) is 20.2 Å². The van der Waals surface area contributed by atoms with E-state index in [1.54, 1.807) is 0 Å². The molecule has 0 amide bonds. The molecule has 1 aliphatic heterocycles. The number of aryl methyl sites for hydroxylation is 2. The third kappa shape index (κ3) is 2.80. The molecule has 1 unspecified atom stereocenters. The van der Waals surface area contributed by atoms with E-state index in [0.717, 1.165) is 55.2 Å². The lowest BCUT2D eigenvalue weighted by Crippen LogP contribution is -2.09. The molecule has 0 radical (unpaired) electrons. The molecule has 6 nitrogen and oxygen atoms in total. The number of ether oxygens (including phenoxy) is 1. The third-order valence-corrected chi connectivity index (χ3v) is 3.66. The number of nitrogen functional groups attached to an aromatic ring is 1. The van der Waals surface area contributed by atoms with E-state index in [9.17, 15) is 0 Å². The van der Waals surface area contributed by atoms with E-state index in [-0.39, 0.29) is 0 Å². The van der Waals surface area contributed by atoms with Crippen LogP contribution in [0.4, 0.5) is 5.69 Å². The summed E-state index contributed by atoms with van der Waals surface area (Å²) in [4.78, 5) is 0. The molecule has 3 rings (SSSR count). The molecule has 1 aromatic carbocycles. The van der Waals surface area contributed by atoms with Crippen molar-refractivity contribution in [3.63, 3.8) is 0 Å². The summed E-state index contributed by atoms with van der Waals surface area (Å²) in [6.07, 6.45) is 2.17. The summed E-state index contributed by atoms with van der Waals surface area (Å²) < 4.78 is 7.25. The van der Waals surface area contributed by atoms with Crippen LogP contribution < -0.4 is 5.73 Å². The van der Waals surface area contributed by atoms with Crippen LogP contribution >= 0.6 is 0 Å². The lowest BCUT2D eigenvalue weighted by Gasteiger charge is -2.09. The summed E-state index contributed by atoms with van der Waals surface area (Å²) >= 11 is 0. The molecule has 1 saturated heterocycles. The van der Waals surface area contributed by atoms with Crippen LogP contribution in [0.3, 0.4) is 0 Å². The second-order valence-corrected chi connectivity index (χ2v) is 5.38. The van der Waals surface area contributed by atoms with Gasteiger partial charge < -0.3 is 10.5 Å². The highest BCUT2D eigenvalue weighted by Gasteiger charge is 2.17. The maximum absolute atomic E-state index is 5.89. The van der Waals surface area contributed by atoms with Gasteiger partial charge in [-0.3, -0.25) is 0 Å². The minimum Gasteiger partial charge on any atom is -0.399 e. The molecule has 2 heterocycles. The van der Waals surface area contributed by atoms with E-state index in [0.29, 0.717) is 5.92 Å². The zero-order valence-corrected chi connectivity index (χ0v) is 11.6. The Morgan fingerprint density at radius 2 is 2.30 bits per heavy atom. The summed E-state index contributed by atoms with van der Waals surface area (Å²) in [6, 6.07) is 5.90. The largest absolute Gasteiger partial charge is 0.399 e. The van der Waals surface area contributed by atoms with Gasteiger partial charge in [0.25, 0.3) is 0 Å². The predicted octanol–water partition coefficient (Wildman–Crippen LogP) is 1.66. The molecule has 1 fully saturated rings. The molecule has 1 aliphatic rings. The summed E-state index contributed by atoms with van der Waals surface area (Å²) in [7, 11) is 0.